The summed E-state index contributed by atoms with van der Waals surface area (Å²) in [5.41, 5.74) is 1.64. The Bertz CT molecular complexity index is 662. The predicted molar refractivity (Wildman–Crippen MR) is 88.5 cm³/mol. The van der Waals surface area contributed by atoms with Gasteiger partial charge in [0.1, 0.15) is 25.4 Å². The lowest BCUT2D eigenvalue weighted by molar-refractivity contribution is -0.910. The second-order valence-corrected chi connectivity index (χ2v) is 5.57. The van der Waals surface area contributed by atoms with Crippen LogP contribution in [0.15, 0.2) is 29.1 Å². The highest BCUT2D eigenvalue weighted by molar-refractivity contribution is 5.80. The highest BCUT2D eigenvalue weighted by Crippen LogP contribution is 2.18. The second kappa shape index (κ2) is 7.96. The maximum Gasteiger partial charge on any atom is 0.257 e. The van der Waals surface area contributed by atoms with Gasteiger partial charge < -0.3 is 19.9 Å². The van der Waals surface area contributed by atoms with Gasteiger partial charge in [-0.3, -0.25) is 4.79 Å². The number of quaternary nitrogens is 2. The van der Waals surface area contributed by atoms with Gasteiger partial charge in [0.15, 0.2) is 0 Å². The molecule has 0 saturated carbocycles. The number of ether oxygens (including phenoxy) is 1. The number of likely N-dealkylation sites (N-methyl/N-ethyl adjacent to an activating group) is 1. The minimum absolute atomic E-state index is 0.00723. The van der Waals surface area contributed by atoms with E-state index in [2.05, 4.69) is 24.1 Å². The van der Waals surface area contributed by atoms with Gasteiger partial charge in [-0.15, -0.1) is 0 Å². The van der Waals surface area contributed by atoms with Gasteiger partial charge in [-0.2, -0.15) is 0 Å². The molecule has 4 N–H and O–H groups in total. The normalized spacial score (nSPS) is 11.3. The quantitative estimate of drug-likeness (QED) is 0.577. The largest absolute Gasteiger partial charge is 0.497 e. The van der Waals surface area contributed by atoms with Gasteiger partial charge in [-0.05, 0) is 37.4 Å². The molecule has 2 rings (SSSR count). The third-order valence-corrected chi connectivity index (χ3v) is 4.20. The maximum atomic E-state index is 12.2. The lowest BCUT2D eigenvalue weighted by Gasteiger charge is -2.13. The number of aromatic nitrogens is 1. The molecule has 0 aliphatic rings. The third kappa shape index (κ3) is 4.08. The molecule has 0 aliphatic carbocycles. The van der Waals surface area contributed by atoms with Crippen LogP contribution >= 0.6 is 0 Å². The summed E-state index contributed by atoms with van der Waals surface area (Å²) in [4.78, 5) is 16.7. The number of benzene rings is 1. The molecule has 0 amide bonds. The van der Waals surface area contributed by atoms with Crippen molar-refractivity contribution in [3.8, 4) is 5.75 Å². The zero-order chi connectivity index (χ0) is 15.9. The van der Waals surface area contributed by atoms with Crippen LogP contribution in [0.5, 0.6) is 5.75 Å². The number of fused-ring (bicyclic) bond motifs is 1. The number of aromatic amines is 1. The molecule has 0 fully saturated rings. The van der Waals surface area contributed by atoms with Crippen LogP contribution in [0, 0.1) is 0 Å². The van der Waals surface area contributed by atoms with E-state index in [0.29, 0.717) is 0 Å². The standard InChI is InChI=1S/C17H25N3O2/c1-4-20(5-2)9-8-18-12-14-10-13-6-7-15(22-3)11-16(13)19-17(14)21/h6-7,10-11,18H,4-5,8-9,12H2,1-3H3,(H,19,21)/p+2. The van der Waals surface area contributed by atoms with E-state index in [1.165, 1.54) is 0 Å². The van der Waals surface area contributed by atoms with Gasteiger partial charge in [-0.1, -0.05) is 0 Å². The smallest absolute Gasteiger partial charge is 0.257 e. The Morgan fingerprint density at radius 3 is 2.68 bits per heavy atom. The van der Waals surface area contributed by atoms with Crippen molar-refractivity contribution in [3.63, 3.8) is 0 Å². The van der Waals surface area contributed by atoms with Crippen molar-refractivity contribution in [3.05, 3.63) is 40.2 Å². The number of pyridine rings is 1. The van der Waals surface area contributed by atoms with Crippen molar-refractivity contribution in [2.45, 2.75) is 20.4 Å². The molecule has 5 nitrogen and oxygen atoms in total. The number of hydrogen-bond donors (Lipinski definition) is 3. The SMILES string of the molecule is CC[NH+](CC)CC[NH2+]Cc1cc2ccc(OC)cc2[nH]c1=O. The van der Waals surface area contributed by atoms with Gasteiger partial charge in [0.25, 0.3) is 5.56 Å². The van der Waals surface area contributed by atoms with E-state index in [4.69, 9.17) is 4.74 Å². The molecule has 1 aromatic heterocycles. The van der Waals surface area contributed by atoms with E-state index >= 15 is 0 Å². The number of nitrogens with two attached hydrogens (primary N) is 1. The lowest BCUT2D eigenvalue weighted by atomic mass is 10.1. The van der Waals surface area contributed by atoms with E-state index in [0.717, 1.165) is 54.9 Å². The summed E-state index contributed by atoms with van der Waals surface area (Å²) in [5, 5.41) is 3.25. The highest BCUT2D eigenvalue weighted by atomic mass is 16.5. The van der Waals surface area contributed by atoms with Crippen molar-refractivity contribution in [2.75, 3.05) is 33.3 Å². The first-order valence-electron chi connectivity index (χ1n) is 8.03. The Morgan fingerprint density at radius 2 is 2.00 bits per heavy atom. The van der Waals surface area contributed by atoms with Crippen LogP contribution in [0.2, 0.25) is 0 Å². The summed E-state index contributed by atoms with van der Waals surface area (Å²) in [6, 6.07) is 7.73. The van der Waals surface area contributed by atoms with E-state index < -0.39 is 0 Å². The lowest BCUT2D eigenvalue weighted by Crippen LogP contribution is -3.14. The molecule has 0 atom stereocenters. The van der Waals surface area contributed by atoms with Crippen LogP contribution in [-0.4, -0.2) is 38.3 Å². The number of H-pyrrole nitrogens is 1. The van der Waals surface area contributed by atoms with Gasteiger partial charge in [0.2, 0.25) is 0 Å². The van der Waals surface area contributed by atoms with E-state index in [1.54, 1.807) is 12.0 Å². The topological polar surface area (TPSA) is 63.1 Å². The number of nitrogens with one attached hydrogen (secondary N) is 2. The van der Waals surface area contributed by atoms with E-state index in [9.17, 15) is 4.79 Å². The Balaban J connectivity index is 2.02. The highest BCUT2D eigenvalue weighted by Gasteiger charge is 2.07. The number of hydrogen-bond acceptors (Lipinski definition) is 2. The zero-order valence-electron chi connectivity index (χ0n) is 13.7. The molecular formula is C17H27N3O2+2. The zero-order valence-corrected chi connectivity index (χ0v) is 13.7. The summed E-state index contributed by atoms with van der Waals surface area (Å²) in [6.07, 6.45) is 0. The van der Waals surface area contributed by atoms with Crippen LogP contribution in [0.4, 0.5) is 0 Å². The molecule has 0 spiro atoms. The Morgan fingerprint density at radius 1 is 1.23 bits per heavy atom. The molecular weight excluding hydrogens is 278 g/mol. The molecule has 1 heterocycles. The van der Waals surface area contributed by atoms with Crippen LogP contribution < -0.4 is 20.5 Å². The molecule has 0 radical (unpaired) electrons. The first-order chi connectivity index (χ1) is 10.7. The fourth-order valence-corrected chi connectivity index (χ4v) is 2.67. The van der Waals surface area contributed by atoms with Crippen LogP contribution in [0.25, 0.3) is 10.9 Å². The van der Waals surface area contributed by atoms with Crippen molar-refractivity contribution >= 4 is 10.9 Å². The molecule has 0 aliphatic heterocycles. The average molecular weight is 305 g/mol. The number of methoxy groups -OCH3 is 1. The molecule has 120 valence electrons. The molecule has 0 saturated heterocycles. The summed E-state index contributed by atoms with van der Waals surface area (Å²) in [6.45, 7) is 9.62. The van der Waals surface area contributed by atoms with Crippen LogP contribution in [-0.2, 0) is 6.54 Å². The second-order valence-electron chi connectivity index (χ2n) is 5.57. The molecule has 5 heteroatoms. The fourth-order valence-electron chi connectivity index (χ4n) is 2.67. The summed E-state index contributed by atoms with van der Waals surface area (Å²) < 4.78 is 5.18. The Hall–Kier alpha value is -1.85. The molecule has 0 bridgehead atoms. The summed E-state index contributed by atoms with van der Waals surface area (Å²) >= 11 is 0. The van der Waals surface area contributed by atoms with E-state index in [-0.39, 0.29) is 5.56 Å². The predicted octanol–water partition coefficient (Wildman–Crippen LogP) is -0.475. The molecule has 2 aromatic rings. The molecule has 0 unspecified atom stereocenters. The Kier molecular flexibility index (Phi) is 5.98. The monoisotopic (exact) mass is 305 g/mol. The van der Waals surface area contributed by atoms with Gasteiger partial charge >= 0.3 is 0 Å². The minimum atomic E-state index is -0.00723. The summed E-state index contributed by atoms with van der Waals surface area (Å²) in [5.74, 6) is 0.754. The van der Waals surface area contributed by atoms with Gasteiger partial charge in [0.05, 0.1) is 31.3 Å². The summed E-state index contributed by atoms with van der Waals surface area (Å²) in [7, 11) is 1.63. The van der Waals surface area contributed by atoms with Crippen LogP contribution in [0.1, 0.15) is 19.4 Å². The van der Waals surface area contributed by atoms with Crippen LogP contribution in [0.3, 0.4) is 0 Å². The first kappa shape index (κ1) is 16.5. The Labute approximate surface area is 131 Å². The minimum Gasteiger partial charge on any atom is -0.497 e. The molecule has 1 aromatic carbocycles. The van der Waals surface area contributed by atoms with Crippen molar-refractivity contribution in [1.29, 1.82) is 0 Å². The third-order valence-electron chi connectivity index (χ3n) is 4.20. The maximum absolute atomic E-state index is 12.2. The van der Waals surface area contributed by atoms with E-state index in [1.807, 2.05) is 24.3 Å². The fraction of sp³-hybridized carbons (Fsp3) is 0.471. The molecule has 22 heavy (non-hydrogen) atoms. The number of rotatable bonds is 8. The van der Waals surface area contributed by atoms with Crippen molar-refractivity contribution in [1.82, 2.24) is 4.98 Å². The van der Waals surface area contributed by atoms with Gasteiger partial charge in [-0.25, -0.2) is 0 Å². The van der Waals surface area contributed by atoms with Crippen molar-refractivity contribution in [2.24, 2.45) is 0 Å². The van der Waals surface area contributed by atoms with Gasteiger partial charge in [0, 0.05) is 6.07 Å². The average Bonchev–Trinajstić information content (AvgIpc) is 2.54. The van der Waals surface area contributed by atoms with Crippen molar-refractivity contribution < 1.29 is 15.0 Å². The first-order valence-corrected chi connectivity index (χ1v) is 8.03.